The summed E-state index contributed by atoms with van der Waals surface area (Å²) in [5.74, 6) is 0.544. The van der Waals surface area contributed by atoms with E-state index >= 15 is 0 Å². The molecule has 8 nitrogen and oxygen atoms in total. The molecule has 0 radical (unpaired) electrons. The molecule has 1 saturated carbocycles. The number of carbonyl (C=O) groups excluding carboxylic acids is 1. The van der Waals surface area contributed by atoms with Crippen molar-refractivity contribution in [2.24, 2.45) is 0 Å². The molecule has 134 valence electrons. The highest BCUT2D eigenvalue weighted by Crippen LogP contribution is 2.30. The average Bonchev–Trinajstić information content (AvgIpc) is 3.18. The summed E-state index contributed by atoms with van der Waals surface area (Å²) in [6, 6.07) is 5.39. The van der Waals surface area contributed by atoms with Crippen LogP contribution in [0.3, 0.4) is 0 Å². The zero-order chi connectivity index (χ0) is 17.9. The van der Waals surface area contributed by atoms with Crippen LogP contribution in [0.5, 0.6) is 5.75 Å². The summed E-state index contributed by atoms with van der Waals surface area (Å²) in [5, 5.41) is 9.52. The minimum Gasteiger partial charge on any atom is -0.488 e. The fourth-order valence-corrected chi connectivity index (χ4v) is 3.30. The van der Waals surface area contributed by atoms with Crippen LogP contribution in [0.25, 0.3) is 11.0 Å². The number of nitrogens with one attached hydrogen (secondary N) is 2. The molecule has 8 heteroatoms. The van der Waals surface area contributed by atoms with Crippen LogP contribution < -0.4 is 15.8 Å². The second-order valence-corrected chi connectivity index (χ2v) is 6.48. The number of aromatic nitrogens is 4. The predicted octanol–water partition coefficient (Wildman–Crippen LogP) is 2.06. The molecule has 2 aromatic heterocycles. The van der Waals surface area contributed by atoms with Crippen molar-refractivity contribution >= 4 is 22.6 Å². The molecular formula is C18H20N6O2. The molecular weight excluding hydrogens is 332 g/mol. The van der Waals surface area contributed by atoms with E-state index in [4.69, 9.17) is 10.5 Å². The van der Waals surface area contributed by atoms with Crippen molar-refractivity contribution in [2.75, 3.05) is 5.73 Å². The van der Waals surface area contributed by atoms with Crippen molar-refractivity contribution in [1.82, 2.24) is 25.5 Å². The van der Waals surface area contributed by atoms with Gasteiger partial charge in [-0.1, -0.05) is 0 Å². The van der Waals surface area contributed by atoms with Gasteiger partial charge >= 0.3 is 0 Å². The Morgan fingerprint density at radius 2 is 1.96 bits per heavy atom. The number of nitrogens with two attached hydrogens (primary N) is 1. The van der Waals surface area contributed by atoms with Crippen molar-refractivity contribution in [3.8, 4) is 5.75 Å². The van der Waals surface area contributed by atoms with Gasteiger partial charge in [-0.2, -0.15) is 5.10 Å². The number of amides is 1. The maximum absolute atomic E-state index is 12.1. The number of aromatic amines is 1. The summed E-state index contributed by atoms with van der Waals surface area (Å²) < 4.78 is 6.16. The maximum Gasteiger partial charge on any atom is 0.269 e. The quantitative estimate of drug-likeness (QED) is 0.618. The van der Waals surface area contributed by atoms with Gasteiger partial charge in [0.15, 0.2) is 0 Å². The lowest BCUT2D eigenvalue weighted by atomic mass is 9.92. The lowest BCUT2D eigenvalue weighted by Crippen LogP contribution is -2.39. The molecule has 4 rings (SSSR count). The highest BCUT2D eigenvalue weighted by molar-refractivity contribution is 5.92. The van der Waals surface area contributed by atoms with Crippen LogP contribution in [0.2, 0.25) is 0 Å². The van der Waals surface area contributed by atoms with Crippen LogP contribution in [0.4, 0.5) is 5.69 Å². The van der Waals surface area contributed by atoms with Gasteiger partial charge in [0.05, 0.1) is 11.6 Å². The first kappa shape index (κ1) is 16.3. The zero-order valence-corrected chi connectivity index (χ0v) is 14.2. The number of fused-ring (bicyclic) bond motifs is 1. The van der Waals surface area contributed by atoms with E-state index in [0.717, 1.165) is 36.7 Å². The molecule has 0 aliphatic heterocycles. The Morgan fingerprint density at radius 3 is 2.73 bits per heavy atom. The van der Waals surface area contributed by atoms with Crippen molar-refractivity contribution < 1.29 is 9.53 Å². The van der Waals surface area contributed by atoms with Gasteiger partial charge in [-0.25, -0.2) is 4.98 Å². The van der Waals surface area contributed by atoms with E-state index in [0.29, 0.717) is 17.1 Å². The smallest absolute Gasteiger partial charge is 0.269 e. The van der Waals surface area contributed by atoms with Gasteiger partial charge in [-0.15, -0.1) is 0 Å². The number of anilines is 1. The number of H-pyrrole nitrogens is 1. The predicted molar refractivity (Wildman–Crippen MR) is 96.7 cm³/mol. The van der Waals surface area contributed by atoms with Crippen LogP contribution >= 0.6 is 0 Å². The minimum atomic E-state index is -0.121. The van der Waals surface area contributed by atoms with Gasteiger partial charge in [-0.3, -0.25) is 14.9 Å². The number of carbonyl (C=O) groups is 1. The van der Waals surface area contributed by atoms with Crippen molar-refractivity contribution in [3.63, 3.8) is 0 Å². The maximum atomic E-state index is 12.1. The first-order chi connectivity index (χ1) is 12.7. The Kier molecular flexibility index (Phi) is 4.39. The molecule has 1 aromatic carbocycles. The van der Waals surface area contributed by atoms with Crippen molar-refractivity contribution in [1.29, 1.82) is 0 Å². The lowest BCUT2D eigenvalue weighted by Gasteiger charge is -2.29. The summed E-state index contributed by atoms with van der Waals surface area (Å²) >= 11 is 0. The van der Waals surface area contributed by atoms with E-state index in [-0.39, 0.29) is 18.1 Å². The van der Waals surface area contributed by atoms with Crippen LogP contribution in [0, 0.1) is 0 Å². The Hall–Kier alpha value is -3.16. The molecule has 0 saturated heterocycles. The summed E-state index contributed by atoms with van der Waals surface area (Å²) in [4.78, 5) is 20.7. The molecule has 0 atom stereocenters. The highest BCUT2D eigenvalue weighted by Gasteiger charge is 2.25. The molecule has 4 N–H and O–H groups in total. The fraction of sp³-hybridized carbons (Fsp3) is 0.333. The average molecular weight is 352 g/mol. The van der Waals surface area contributed by atoms with E-state index in [9.17, 15) is 4.79 Å². The molecule has 1 fully saturated rings. The monoisotopic (exact) mass is 352 g/mol. The Bertz CT molecular complexity index is 903. The van der Waals surface area contributed by atoms with Gasteiger partial charge < -0.3 is 15.8 Å². The fourth-order valence-electron chi connectivity index (χ4n) is 3.30. The minimum absolute atomic E-state index is 0.0716. The summed E-state index contributed by atoms with van der Waals surface area (Å²) in [5.41, 5.74) is 8.48. The Morgan fingerprint density at radius 1 is 1.15 bits per heavy atom. The van der Waals surface area contributed by atoms with Crippen LogP contribution in [-0.4, -0.2) is 38.2 Å². The zero-order valence-electron chi connectivity index (χ0n) is 14.2. The van der Waals surface area contributed by atoms with E-state index in [1.54, 1.807) is 36.8 Å². The van der Waals surface area contributed by atoms with Gasteiger partial charge in [0, 0.05) is 36.4 Å². The molecule has 0 spiro atoms. The molecule has 0 unspecified atom stereocenters. The second-order valence-electron chi connectivity index (χ2n) is 6.48. The molecule has 0 bridgehead atoms. The van der Waals surface area contributed by atoms with Crippen molar-refractivity contribution in [2.45, 2.75) is 37.8 Å². The normalized spacial score (nSPS) is 20.0. The molecule has 1 amide bonds. The van der Waals surface area contributed by atoms with E-state index in [2.05, 4.69) is 25.5 Å². The van der Waals surface area contributed by atoms with E-state index < -0.39 is 0 Å². The Balaban J connectivity index is 1.38. The first-order valence-electron chi connectivity index (χ1n) is 8.66. The number of nitrogens with zero attached hydrogens (tertiary/aromatic N) is 3. The van der Waals surface area contributed by atoms with Crippen LogP contribution in [0.1, 0.15) is 36.2 Å². The molecule has 3 aromatic rings. The molecule has 2 heterocycles. The largest absolute Gasteiger partial charge is 0.488 e. The standard InChI is InChI=1S/C18H20N6O2/c19-11-9-15-17(21-8-7-20-15)16(10-11)26-13-3-1-12(2-4-13)23-18(25)14-5-6-22-24-14/h5-10,12-13H,1-4,19H2,(H,22,24)(H,23,25). The molecule has 1 aliphatic carbocycles. The summed E-state index contributed by atoms with van der Waals surface area (Å²) in [6.07, 6.45) is 8.34. The van der Waals surface area contributed by atoms with Crippen molar-refractivity contribution in [3.05, 3.63) is 42.5 Å². The number of hydrogen-bond acceptors (Lipinski definition) is 6. The third-order valence-electron chi connectivity index (χ3n) is 4.61. The van der Waals surface area contributed by atoms with Gasteiger partial charge in [0.1, 0.15) is 17.0 Å². The topological polar surface area (TPSA) is 119 Å². The third kappa shape index (κ3) is 3.44. The van der Waals surface area contributed by atoms with Gasteiger partial charge in [-0.05, 0) is 37.8 Å². The van der Waals surface area contributed by atoms with Gasteiger partial charge in [0.25, 0.3) is 5.91 Å². The van der Waals surface area contributed by atoms with Crippen LogP contribution in [0.15, 0.2) is 36.8 Å². The molecule has 1 aliphatic rings. The third-order valence-corrected chi connectivity index (χ3v) is 4.61. The van der Waals surface area contributed by atoms with Gasteiger partial charge in [0.2, 0.25) is 0 Å². The lowest BCUT2D eigenvalue weighted by molar-refractivity contribution is 0.0890. The summed E-state index contributed by atoms with van der Waals surface area (Å²) in [7, 11) is 0. The highest BCUT2D eigenvalue weighted by atomic mass is 16.5. The molecule has 26 heavy (non-hydrogen) atoms. The Labute approximate surface area is 150 Å². The first-order valence-corrected chi connectivity index (χ1v) is 8.66. The van der Waals surface area contributed by atoms with Crippen LogP contribution in [-0.2, 0) is 0 Å². The SMILES string of the molecule is Nc1cc(OC2CCC(NC(=O)c3ccn[nH]3)CC2)c2nccnc2c1. The summed E-state index contributed by atoms with van der Waals surface area (Å²) in [6.45, 7) is 0. The number of rotatable bonds is 4. The van der Waals surface area contributed by atoms with E-state index in [1.165, 1.54) is 0 Å². The number of nitrogen functional groups attached to an aromatic ring is 1. The van der Waals surface area contributed by atoms with E-state index in [1.807, 2.05) is 0 Å². The number of hydrogen-bond donors (Lipinski definition) is 3. The second kappa shape index (κ2) is 6.99. The number of benzene rings is 1. The number of ether oxygens (including phenoxy) is 1.